The summed E-state index contributed by atoms with van der Waals surface area (Å²) in [6.07, 6.45) is 3.09. The van der Waals surface area contributed by atoms with Crippen LogP contribution in [-0.2, 0) is 0 Å². The van der Waals surface area contributed by atoms with Crippen LogP contribution in [0.25, 0.3) is 0 Å². The van der Waals surface area contributed by atoms with E-state index < -0.39 is 4.92 Å². The van der Waals surface area contributed by atoms with Gasteiger partial charge in [0.1, 0.15) is 5.15 Å². The summed E-state index contributed by atoms with van der Waals surface area (Å²) in [5.74, 6) is 0. The van der Waals surface area contributed by atoms with Gasteiger partial charge in [0.15, 0.2) is 10.2 Å². The second-order valence-electron chi connectivity index (χ2n) is 2.85. The molecule has 0 radical (unpaired) electrons. The maximum Gasteiger partial charge on any atom is 0.301 e. The van der Waals surface area contributed by atoms with Crippen molar-refractivity contribution in [2.24, 2.45) is 0 Å². The molecule has 0 aliphatic carbocycles. The van der Waals surface area contributed by atoms with Crippen molar-refractivity contribution >= 4 is 29.1 Å². The van der Waals surface area contributed by atoms with E-state index in [2.05, 4.69) is 15.0 Å². The fourth-order valence-corrected chi connectivity index (χ4v) is 2.04. The molecule has 0 saturated heterocycles. The van der Waals surface area contributed by atoms with Crippen molar-refractivity contribution in [3.63, 3.8) is 0 Å². The van der Waals surface area contributed by atoms with Crippen LogP contribution in [-0.4, -0.2) is 19.9 Å². The molecule has 0 aliphatic heterocycles. The molecule has 0 N–H and O–H groups in total. The molecule has 0 fully saturated rings. The van der Waals surface area contributed by atoms with E-state index in [1.165, 1.54) is 12.1 Å². The summed E-state index contributed by atoms with van der Waals surface area (Å²) in [6, 6.07) is 4.33. The Morgan fingerprint density at radius 1 is 1.29 bits per heavy atom. The fourth-order valence-electron chi connectivity index (χ4n) is 1.05. The SMILES string of the molecule is O=[N+]([O-])c1ccc(Cl)nc1Sc1ncccn1. The highest BCUT2D eigenvalue weighted by Gasteiger charge is 2.17. The number of aromatic nitrogens is 3. The third-order valence-corrected chi connectivity index (χ3v) is 2.83. The number of nitro groups is 1. The lowest BCUT2D eigenvalue weighted by Gasteiger charge is -2.00. The van der Waals surface area contributed by atoms with E-state index in [-0.39, 0.29) is 15.9 Å². The smallest absolute Gasteiger partial charge is 0.258 e. The highest BCUT2D eigenvalue weighted by molar-refractivity contribution is 7.99. The number of pyridine rings is 1. The number of hydrogen-bond acceptors (Lipinski definition) is 6. The zero-order valence-corrected chi connectivity index (χ0v) is 9.85. The fraction of sp³-hybridized carbons (Fsp3) is 0. The molecule has 0 amide bonds. The van der Waals surface area contributed by atoms with Crippen molar-refractivity contribution in [2.45, 2.75) is 10.2 Å². The number of rotatable bonds is 3. The molecule has 86 valence electrons. The molecule has 0 spiro atoms. The van der Waals surface area contributed by atoms with E-state index >= 15 is 0 Å². The van der Waals surface area contributed by atoms with Crippen LogP contribution in [0.2, 0.25) is 5.15 Å². The average Bonchev–Trinajstić information content (AvgIpc) is 2.30. The van der Waals surface area contributed by atoms with Crippen LogP contribution < -0.4 is 0 Å². The molecule has 2 heterocycles. The summed E-state index contributed by atoms with van der Waals surface area (Å²) in [5.41, 5.74) is -0.119. The third-order valence-electron chi connectivity index (χ3n) is 1.73. The van der Waals surface area contributed by atoms with Crippen LogP contribution in [0.4, 0.5) is 5.69 Å². The van der Waals surface area contributed by atoms with Crippen molar-refractivity contribution in [1.82, 2.24) is 15.0 Å². The van der Waals surface area contributed by atoms with Gasteiger partial charge in [-0.15, -0.1) is 0 Å². The third kappa shape index (κ3) is 2.89. The molecule has 0 unspecified atom stereocenters. The minimum Gasteiger partial charge on any atom is -0.258 e. The van der Waals surface area contributed by atoms with E-state index in [0.717, 1.165) is 11.8 Å². The lowest BCUT2D eigenvalue weighted by atomic mass is 10.4. The first kappa shape index (κ1) is 11.7. The maximum atomic E-state index is 10.8. The first-order chi connectivity index (χ1) is 8.16. The van der Waals surface area contributed by atoms with Crippen LogP contribution in [0.5, 0.6) is 0 Å². The van der Waals surface area contributed by atoms with Crippen molar-refractivity contribution < 1.29 is 4.92 Å². The minimum absolute atomic E-state index is 0.119. The van der Waals surface area contributed by atoms with Crippen LogP contribution in [0.15, 0.2) is 40.8 Å². The van der Waals surface area contributed by atoms with Gasteiger partial charge in [-0.05, 0) is 23.9 Å². The molecule has 6 nitrogen and oxygen atoms in total. The van der Waals surface area contributed by atoms with Crippen molar-refractivity contribution in [1.29, 1.82) is 0 Å². The Morgan fingerprint density at radius 3 is 2.65 bits per heavy atom. The topological polar surface area (TPSA) is 81.8 Å². The van der Waals surface area contributed by atoms with Gasteiger partial charge in [-0.1, -0.05) is 11.6 Å². The van der Waals surface area contributed by atoms with Crippen LogP contribution in [0.1, 0.15) is 0 Å². The van der Waals surface area contributed by atoms with E-state index in [1.54, 1.807) is 18.5 Å². The molecule has 2 aromatic heterocycles. The summed E-state index contributed by atoms with van der Waals surface area (Å²) >= 11 is 6.70. The van der Waals surface area contributed by atoms with E-state index in [1.807, 2.05) is 0 Å². The molecule has 0 bridgehead atoms. The Balaban J connectivity index is 2.37. The van der Waals surface area contributed by atoms with Crippen LogP contribution in [0.3, 0.4) is 0 Å². The second-order valence-corrected chi connectivity index (χ2v) is 4.19. The van der Waals surface area contributed by atoms with Crippen molar-refractivity contribution in [3.05, 3.63) is 45.9 Å². The normalized spacial score (nSPS) is 10.2. The lowest BCUT2D eigenvalue weighted by molar-refractivity contribution is -0.388. The molecule has 0 aromatic carbocycles. The van der Waals surface area contributed by atoms with E-state index in [4.69, 9.17) is 11.6 Å². The average molecular weight is 269 g/mol. The Labute approximate surface area is 105 Å². The molecule has 2 rings (SSSR count). The van der Waals surface area contributed by atoms with Gasteiger partial charge in [-0.25, -0.2) is 15.0 Å². The predicted molar refractivity (Wildman–Crippen MR) is 62.1 cm³/mol. The molecular formula is C9H5ClN4O2S. The standard InChI is InChI=1S/C9H5ClN4O2S/c10-7-3-2-6(14(15)16)8(13-7)17-9-11-4-1-5-12-9/h1-5H. The number of hydrogen-bond donors (Lipinski definition) is 0. The van der Waals surface area contributed by atoms with Gasteiger partial charge in [0.05, 0.1) is 4.92 Å². The zero-order chi connectivity index (χ0) is 12.3. The van der Waals surface area contributed by atoms with Gasteiger partial charge in [-0.2, -0.15) is 0 Å². The van der Waals surface area contributed by atoms with Gasteiger partial charge in [0.25, 0.3) is 0 Å². The van der Waals surface area contributed by atoms with Crippen molar-refractivity contribution in [3.8, 4) is 0 Å². The zero-order valence-electron chi connectivity index (χ0n) is 8.28. The number of halogens is 1. The predicted octanol–water partition coefficient (Wildman–Crippen LogP) is 2.58. The summed E-state index contributed by atoms with van der Waals surface area (Å²) in [5, 5.41) is 11.5. The largest absolute Gasteiger partial charge is 0.301 e. The molecule has 0 aliphatic rings. The van der Waals surface area contributed by atoms with E-state index in [9.17, 15) is 10.1 Å². The summed E-state index contributed by atoms with van der Waals surface area (Å²) < 4.78 is 0. The Hall–Kier alpha value is -1.73. The van der Waals surface area contributed by atoms with Crippen molar-refractivity contribution in [2.75, 3.05) is 0 Å². The molecule has 8 heteroatoms. The summed E-state index contributed by atoms with van der Waals surface area (Å²) in [6.45, 7) is 0. The molecule has 0 atom stereocenters. The summed E-state index contributed by atoms with van der Waals surface area (Å²) in [7, 11) is 0. The van der Waals surface area contributed by atoms with Crippen LogP contribution in [0, 0.1) is 10.1 Å². The quantitative estimate of drug-likeness (QED) is 0.368. The highest BCUT2D eigenvalue weighted by Crippen LogP contribution is 2.31. The lowest BCUT2D eigenvalue weighted by Crippen LogP contribution is -1.94. The van der Waals surface area contributed by atoms with Gasteiger partial charge < -0.3 is 0 Å². The molecule has 2 aromatic rings. The molecule has 17 heavy (non-hydrogen) atoms. The first-order valence-corrected chi connectivity index (χ1v) is 5.62. The Kier molecular flexibility index (Phi) is 3.50. The maximum absolute atomic E-state index is 10.8. The Bertz CT molecular complexity index is 552. The Morgan fingerprint density at radius 2 is 2.00 bits per heavy atom. The monoisotopic (exact) mass is 268 g/mol. The second kappa shape index (κ2) is 5.07. The van der Waals surface area contributed by atoms with Crippen LogP contribution >= 0.6 is 23.4 Å². The van der Waals surface area contributed by atoms with Gasteiger partial charge in [-0.3, -0.25) is 10.1 Å². The first-order valence-electron chi connectivity index (χ1n) is 4.42. The molecular weight excluding hydrogens is 264 g/mol. The van der Waals surface area contributed by atoms with Gasteiger partial charge in [0.2, 0.25) is 0 Å². The molecule has 0 saturated carbocycles. The minimum atomic E-state index is -0.519. The van der Waals surface area contributed by atoms with Gasteiger partial charge >= 0.3 is 5.69 Å². The summed E-state index contributed by atoms with van der Waals surface area (Å²) in [4.78, 5) is 22.1. The highest BCUT2D eigenvalue weighted by atomic mass is 35.5. The van der Waals surface area contributed by atoms with E-state index in [0.29, 0.717) is 5.16 Å². The van der Waals surface area contributed by atoms with Gasteiger partial charge in [0, 0.05) is 18.5 Å². The number of nitrogens with zero attached hydrogens (tertiary/aromatic N) is 4.